The predicted molar refractivity (Wildman–Crippen MR) is 108 cm³/mol. The summed E-state index contributed by atoms with van der Waals surface area (Å²) in [5, 5.41) is 13.7. The maximum absolute atomic E-state index is 13.6. The van der Waals surface area contributed by atoms with Crippen molar-refractivity contribution >= 4 is 44.8 Å². The molecule has 2 aliphatic heterocycles. The fourth-order valence-corrected chi connectivity index (χ4v) is 5.12. The number of carbonyl (C=O) groups excluding carboxylic acids is 2. The highest BCUT2D eigenvalue weighted by atomic mass is 79.9. The van der Waals surface area contributed by atoms with Crippen molar-refractivity contribution in [3.05, 3.63) is 80.5 Å². The molecule has 1 aliphatic carbocycles. The van der Waals surface area contributed by atoms with Crippen LogP contribution >= 0.6 is 15.9 Å². The largest absolute Gasteiger partial charge is 0.338 e. The van der Waals surface area contributed by atoms with E-state index in [0.717, 1.165) is 21.3 Å². The van der Waals surface area contributed by atoms with Crippen molar-refractivity contribution in [2.45, 2.75) is 12.3 Å². The third-order valence-electron chi connectivity index (χ3n) is 5.83. The topological polar surface area (TPSA) is 86.9 Å². The fraction of sp³-hybridized carbons (Fsp3) is 0.0952. The van der Waals surface area contributed by atoms with Crippen LogP contribution in [0.3, 0.4) is 0 Å². The van der Waals surface area contributed by atoms with Crippen LogP contribution in [0.1, 0.15) is 32.7 Å². The molecule has 3 aromatic rings. The first kappa shape index (κ1) is 15.8. The fourth-order valence-electron chi connectivity index (χ4n) is 4.76. The number of ketones is 1. The Morgan fingerprint density at radius 1 is 1.04 bits per heavy atom. The normalized spacial score (nSPS) is 21.2. The van der Waals surface area contributed by atoms with Crippen molar-refractivity contribution in [1.29, 1.82) is 0 Å². The van der Waals surface area contributed by atoms with Gasteiger partial charge in [-0.2, -0.15) is 5.10 Å². The lowest BCUT2D eigenvalue weighted by atomic mass is 9.67. The predicted octanol–water partition coefficient (Wildman–Crippen LogP) is 3.75. The van der Waals surface area contributed by atoms with Gasteiger partial charge in [0.15, 0.2) is 11.6 Å². The Balaban J connectivity index is 1.79. The lowest BCUT2D eigenvalue weighted by molar-refractivity contribution is -0.118. The van der Waals surface area contributed by atoms with Gasteiger partial charge >= 0.3 is 0 Å². The van der Waals surface area contributed by atoms with Crippen molar-refractivity contribution in [3.63, 3.8) is 0 Å². The Kier molecular flexibility index (Phi) is 2.82. The van der Waals surface area contributed by atoms with E-state index in [1.807, 2.05) is 43.3 Å². The van der Waals surface area contributed by atoms with Crippen LogP contribution in [0, 0.1) is 6.92 Å². The molecule has 6 nitrogen and oxygen atoms in total. The maximum atomic E-state index is 13.6. The molecular formula is C21H13BrN4O2. The molecule has 1 unspecified atom stereocenters. The minimum Gasteiger partial charge on any atom is -0.338 e. The second kappa shape index (κ2) is 4.99. The summed E-state index contributed by atoms with van der Waals surface area (Å²) in [6.45, 7) is 1.87. The SMILES string of the molecule is Cc1[nH]nc2c1C1(C(=O)Nc3ccc(Br)cc31)C1=C(N2)c2ccccc2C1=O. The summed E-state index contributed by atoms with van der Waals surface area (Å²) in [6, 6.07) is 13.1. The van der Waals surface area contributed by atoms with E-state index in [1.165, 1.54) is 0 Å². The molecule has 2 aromatic carbocycles. The number of amides is 1. The quantitative estimate of drug-likeness (QED) is 0.504. The summed E-state index contributed by atoms with van der Waals surface area (Å²) >= 11 is 3.52. The van der Waals surface area contributed by atoms with E-state index in [0.29, 0.717) is 33.9 Å². The Morgan fingerprint density at radius 2 is 1.82 bits per heavy atom. The van der Waals surface area contributed by atoms with Gasteiger partial charge in [0.1, 0.15) is 5.41 Å². The van der Waals surface area contributed by atoms with Crippen LogP contribution in [0.25, 0.3) is 5.70 Å². The number of carbonyl (C=O) groups is 2. The number of H-pyrrole nitrogens is 1. The van der Waals surface area contributed by atoms with Gasteiger partial charge in [-0.25, -0.2) is 0 Å². The highest BCUT2D eigenvalue weighted by molar-refractivity contribution is 9.10. The number of anilines is 2. The smallest absolute Gasteiger partial charge is 0.244 e. The number of aryl methyl sites for hydroxylation is 1. The average Bonchev–Trinajstić information content (AvgIpc) is 3.29. The zero-order valence-corrected chi connectivity index (χ0v) is 16.3. The molecule has 0 saturated carbocycles. The van der Waals surface area contributed by atoms with Crippen LogP contribution in [-0.2, 0) is 10.2 Å². The van der Waals surface area contributed by atoms with E-state index >= 15 is 0 Å². The van der Waals surface area contributed by atoms with Crippen LogP contribution in [0.2, 0.25) is 0 Å². The van der Waals surface area contributed by atoms with Gasteiger partial charge in [-0.1, -0.05) is 40.2 Å². The summed E-state index contributed by atoms with van der Waals surface area (Å²) in [5.74, 6) is 0.206. The first-order valence-electron chi connectivity index (χ1n) is 8.86. The summed E-state index contributed by atoms with van der Waals surface area (Å²) in [6.07, 6.45) is 0. The Hall–Kier alpha value is -3.19. The third kappa shape index (κ3) is 1.62. The number of aromatic nitrogens is 2. The number of benzene rings is 2. The van der Waals surface area contributed by atoms with Crippen LogP contribution < -0.4 is 10.6 Å². The van der Waals surface area contributed by atoms with E-state index < -0.39 is 5.41 Å². The molecule has 1 amide bonds. The zero-order chi connectivity index (χ0) is 19.2. The number of fused-ring (bicyclic) bond motifs is 7. The van der Waals surface area contributed by atoms with Gasteiger partial charge in [-0.3, -0.25) is 14.7 Å². The van der Waals surface area contributed by atoms with Gasteiger partial charge in [-0.05, 0) is 25.1 Å². The molecule has 1 aromatic heterocycles. The second-order valence-corrected chi connectivity index (χ2v) is 8.13. The number of halogens is 1. The molecule has 136 valence electrons. The van der Waals surface area contributed by atoms with Crippen LogP contribution in [0.4, 0.5) is 11.5 Å². The van der Waals surface area contributed by atoms with Gasteiger partial charge in [0.25, 0.3) is 0 Å². The van der Waals surface area contributed by atoms with Crippen molar-refractivity contribution in [2.24, 2.45) is 0 Å². The van der Waals surface area contributed by atoms with E-state index in [-0.39, 0.29) is 11.7 Å². The number of hydrogen-bond donors (Lipinski definition) is 3. The number of hydrogen-bond acceptors (Lipinski definition) is 4. The van der Waals surface area contributed by atoms with Crippen LogP contribution in [-0.4, -0.2) is 21.9 Å². The highest BCUT2D eigenvalue weighted by Gasteiger charge is 2.60. The molecule has 0 fully saturated rings. The van der Waals surface area contributed by atoms with Crippen molar-refractivity contribution in [1.82, 2.24) is 10.2 Å². The van der Waals surface area contributed by atoms with Crippen LogP contribution in [0.15, 0.2) is 52.5 Å². The van der Waals surface area contributed by atoms with Gasteiger partial charge < -0.3 is 10.6 Å². The molecular weight excluding hydrogens is 420 g/mol. The highest BCUT2D eigenvalue weighted by Crippen LogP contribution is 2.57. The molecule has 0 saturated heterocycles. The number of aromatic amines is 1. The van der Waals surface area contributed by atoms with Crippen molar-refractivity contribution < 1.29 is 9.59 Å². The van der Waals surface area contributed by atoms with E-state index in [4.69, 9.17) is 0 Å². The van der Waals surface area contributed by atoms with Crippen molar-refractivity contribution in [3.8, 4) is 0 Å². The van der Waals surface area contributed by atoms with E-state index in [1.54, 1.807) is 6.07 Å². The number of rotatable bonds is 0. The molecule has 3 N–H and O–H groups in total. The number of nitrogens with zero attached hydrogens (tertiary/aromatic N) is 1. The lowest BCUT2D eigenvalue weighted by Crippen LogP contribution is -2.43. The molecule has 7 heteroatoms. The molecule has 0 bridgehead atoms. The minimum atomic E-state index is -1.25. The monoisotopic (exact) mass is 432 g/mol. The Morgan fingerprint density at radius 3 is 2.64 bits per heavy atom. The van der Waals surface area contributed by atoms with Crippen molar-refractivity contribution in [2.75, 3.05) is 10.6 Å². The first-order valence-corrected chi connectivity index (χ1v) is 9.65. The maximum Gasteiger partial charge on any atom is 0.244 e. The Bertz CT molecular complexity index is 1290. The summed E-state index contributed by atoms with van der Waals surface area (Å²) < 4.78 is 0.841. The summed E-state index contributed by atoms with van der Waals surface area (Å²) in [5.41, 5.74) is 4.17. The van der Waals surface area contributed by atoms with Gasteiger partial charge in [0, 0.05) is 43.7 Å². The first-order chi connectivity index (χ1) is 13.5. The van der Waals surface area contributed by atoms with E-state index in [9.17, 15) is 9.59 Å². The Labute approximate surface area is 168 Å². The second-order valence-electron chi connectivity index (χ2n) is 7.22. The third-order valence-corrected chi connectivity index (χ3v) is 6.33. The lowest BCUT2D eigenvalue weighted by Gasteiger charge is -2.34. The van der Waals surface area contributed by atoms with E-state index in [2.05, 4.69) is 36.8 Å². The van der Waals surface area contributed by atoms with Gasteiger partial charge in [0.05, 0.1) is 5.70 Å². The molecule has 1 spiro atoms. The number of Topliss-reactive ketones (excluding diaryl/α,β-unsaturated/α-hetero) is 1. The summed E-state index contributed by atoms with van der Waals surface area (Å²) in [4.78, 5) is 27.1. The molecule has 3 aliphatic rings. The number of nitrogens with one attached hydrogen (secondary N) is 3. The molecule has 0 radical (unpaired) electrons. The van der Waals surface area contributed by atoms with Crippen LogP contribution in [0.5, 0.6) is 0 Å². The zero-order valence-electron chi connectivity index (χ0n) is 14.7. The molecule has 6 rings (SSSR count). The molecule has 28 heavy (non-hydrogen) atoms. The summed E-state index contributed by atoms with van der Waals surface area (Å²) in [7, 11) is 0. The molecule has 3 heterocycles. The van der Waals surface area contributed by atoms with Gasteiger partial charge in [0.2, 0.25) is 5.91 Å². The molecule has 1 atom stereocenters. The van der Waals surface area contributed by atoms with Gasteiger partial charge in [-0.15, -0.1) is 0 Å². The minimum absolute atomic E-state index is 0.132. The average molecular weight is 433 g/mol. The standard InChI is InChI=1S/C21H13BrN4O2/c1-9-15-19(26-25-9)24-17-11-4-2-3-5-12(11)18(27)16(17)21(15)13-8-10(22)6-7-14(13)23-20(21)28/h2-8H,1H3,(H,23,28)(H2,24,25,26).